The number of pyridine rings is 1. The number of fused-ring (bicyclic) bond motifs is 1. The molecule has 1 aromatic rings. The van der Waals surface area contributed by atoms with E-state index >= 15 is 0 Å². The van der Waals surface area contributed by atoms with E-state index in [1.807, 2.05) is 13.0 Å². The summed E-state index contributed by atoms with van der Waals surface area (Å²) in [5.41, 5.74) is 0.783. The van der Waals surface area contributed by atoms with Crippen LogP contribution in [-0.2, 0) is 4.79 Å². The van der Waals surface area contributed by atoms with Crippen LogP contribution in [0.15, 0.2) is 16.7 Å². The molecule has 1 amide bonds. The average Bonchev–Trinajstić information content (AvgIpc) is 2.36. The Morgan fingerprint density at radius 1 is 1.69 bits per heavy atom. The Hall–Kier alpha value is -1.10. The van der Waals surface area contributed by atoms with Crippen molar-refractivity contribution in [3.05, 3.63) is 16.7 Å². The van der Waals surface area contributed by atoms with E-state index in [1.54, 1.807) is 6.20 Å². The second kappa shape index (κ2) is 4.41. The third-order valence-electron chi connectivity index (χ3n) is 2.71. The zero-order chi connectivity index (χ0) is 11.7. The van der Waals surface area contributed by atoms with Gasteiger partial charge in [0, 0.05) is 23.8 Å². The van der Waals surface area contributed by atoms with Crippen LogP contribution in [0, 0.1) is 5.92 Å². The average molecular weight is 284 g/mol. The van der Waals surface area contributed by atoms with Gasteiger partial charge in [-0.1, -0.05) is 6.92 Å². The number of carbonyl (C=O) groups is 1. The highest BCUT2D eigenvalue weighted by Crippen LogP contribution is 2.29. The van der Waals surface area contributed by atoms with Gasteiger partial charge in [0.25, 0.3) is 0 Å². The molecule has 5 heteroatoms. The molecule has 1 atom stereocenters. The highest BCUT2D eigenvalue weighted by molar-refractivity contribution is 9.10. The molecule has 0 saturated heterocycles. The van der Waals surface area contributed by atoms with Crippen LogP contribution in [0.25, 0.3) is 0 Å². The summed E-state index contributed by atoms with van der Waals surface area (Å²) in [5, 5.41) is 2.90. The van der Waals surface area contributed by atoms with Crippen molar-refractivity contribution in [1.29, 1.82) is 0 Å². The van der Waals surface area contributed by atoms with Gasteiger partial charge in [0.2, 0.25) is 5.91 Å². The molecule has 0 radical (unpaired) electrons. The van der Waals surface area contributed by atoms with Crippen LogP contribution in [0.3, 0.4) is 0 Å². The molecule has 86 valence electrons. The Bertz CT molecular complexity index is 422. The minimum Gasteiger partial charge on any atom is -0.354 e. The van der Waals surface area contributed by atoms with E-state index in [9.17, 15) is 4.79 Å². The maximum absolute atomic E-state index is 11.8. The van der Waals surface area contributed by atoms with Crippen molar-refractivity contribution < 1.29 is 4.79 Å². The van der Waals surface area contributed by atoms with Crippen LogP contribution in [-0.4, -0.2) is 24.0 Å². The van der Waals surface area contributed by atoms with E-state index in [-0.39, 0.29) is 11.8 Å². The van der Waals surface area contributed by atoms with E-state index in [1.165, 1.54) is 0 Å². The van der Waals surface area contributed by atoms with Gasteiger partial charge < -0.3 is 10.2 Å². The van der Waals surface area contributed by atoms with E-state index < -0.39 is 0 Å². The van der Waals surface area contributed by atoms with Crippen molar-refractivity contribution >= 4 is 33.3 Å². The molecule has 0 spiro atoms. The maximum atomic E-state index is 11.8. The van der Waals surface area contributed by atoms with Gasteiger partial charge in [-0.15, -0.1) is 0 Å². The van der Waals surface area contributed by atoms with E-state index in [0.29, 0.717) is 6.54 Å². The third-order valence-corrected chi connectivity index (χ3v) is 3.15. The molecule has 0 aromatic carbocycles. The van der Waals surface area contributed by atoms with Crippen LogP contribution in [0.5, 0.6) is 0 Å². The summed E-state index contributed by atoms with van der Waals surface area (Å²) in [6, 6.07) is 1.89. The third kappa shape index (κ3) is 2.04. The van der Waals surface area contributed by atoms with E-state index in [4.69, 9.17) is 0 Å². The highest BCUT2D eigenvalue weighted by Gasteiger charge is 2.24. The number of rotatable bonds is 1. The lowest BCUT2D eigenvalue weighted by molar-refractivity contribution is -0.119. The first-order chi connectivity index (χ1) is 7.61. The van der Waals surface area contributed by atoms with Crippen molar-refractivity contribution in [2.24, 2.45) is 5.92 Å². The Labute approximate surface area is 103 Å². The van der Waals surface area contributed by atoms with Crippen LogP contribution in [0.2, 0.25) is 0 Å². The summed E-state index contributed by atoms with van der Waals surface area (Å²) in [6.45, 7) is 5.56. The van der Waals surface area contributed by atoms with E-state index in [0.717, 1.165) is 22.5 Å². The lowest BCUT2D eigenvalue weighted by Crippen LogP contribution is -2.30. The van der Waals surface area contributed by atoms with Crippen LogP contribution in [0.1, 0.15) is 13.8 Å². The standard InChI is InChI=1S/C11H14BrN3O/c1-3-15-6-7(2)11(16)14-9-4-8(12)5-13-10(9)15/h4-5,7H,3,6H2,1-2H3,(H,14,16). The summed E-state index contributed by atoms with van der Waals surface area (Å²) < 4.78 is 0.872. The Balaban J connectivity index is 2.46. The van der Waals surface area contributed by atoms with Gasteiger partial charge >= 0.3 is 0 Å². The number of nitrogens with one attached hydrogen (secondary N) is 1. The number of anilines is 2. The fourth-order valence-corrected chi connectivity index (χ4v) is 2.14. The van der Waals surface area contributed by atoms with Crippen molar-refractivity contribution in [3.8, 4) is 0 Å². The highest BCUT2D eigenvalue weighted by atomic mass is 79.9. The van der Waals surface area contributed by atoms with Crippen LogP contribution in [0.4, 0.5) is 11.5 Å². The molecule has 4 nitrogen and oxygen atoms in total. The van der Waals surface area contributed by atoms with E-state index in [2.05, 4.69) is 38.1 Å². The first kappa shape index (κ1) is 11.4. The molecule has 0 bridgehead atoms. The molecule has 2 heterocycles. The molecule has 1 unspecified atom stereocenters. The zero-order valence-electron chi connectivity index (χ0n) is 9.33. The van der Waals surface area contributed by atoms with Crippen LogP contribution >= 0.6 is 15.9 Å². The normalized spacial score (nSPS) is 20.1. The quantitative estimate of drug-likeness (QED) is 0.860. The van der Waals surface area contributed by atoms with Crippen molar-refractivity contribution in [1.82, 2.24) is 4.98 Å². The molecule has 16 heavy (non-hydrogen) atoms. The molecule has 1 N–H and O–H groups in total. The molecule has 0 aliphatic carbocycles. The number of hydrogen-bond donors (Lipinski definition) is 1. The summed E-state index contributed by atoms with van der Waals surface area (Å²) in [7, 11) is 0. The molecule has 1 aliphatic rings. The maximum Gasteiger partial charge on any atom is 0.229 e. The summed E-state index contributed by atoms with van der Waals surface area (Å²) in [5.74, 6) is 0.883. The second-order valence-corrected chi connectivity index (χ2v) is 4.87. The predicted molar refractivity (Wildman–Crippen MR) is 67.6 cm³/mol. The molecular formula is C11H14BrN3O. The lowest BCUT2D eigenvalue weighted by atomic mass is 10.1. The minimum absolute atomic E-state index is 0.0204. The van der Waals surface area contributed by atoms with Gasteiger partial charge in [-0.25, -0.2) is 4.98 Å². The van der Waals surface area contributed by atoms with Gasteiger partial charge in [0.15, 0.2) is 5.82 Å². The first-order valence-electron chi connectivity index (χ1n) is 5.33. The summed E-state index contributed by atoms with van der Waals surface area (Å²) >= 11 is 3.36. The fourth-order valence-electron chi connectivity index (χ4n) is 1.81. The number of carbonyl (C=O) groups excluding carboxylic acids is 1. The number of halogens is 1. The minimum atomic E-state index is -0.0204. The molecule has 0 saturated carbocycles. The van der Waals surface area contributed by atoms with Gasteiger partial charge in [0.05, 0.1) is 11.6 Å². The van der Waals surface area contributed by atoms with Crippen LogP contribution < -0.4 is 10.2 Å². The smallest absolute Gasteiger partial charge is 0.229 e. The lowest BCUT2D eigenvalue weighted by Gasteiger charge is -2.22. The Morgan fingerprint density at radius 3 is 3.12 bits per heavy atom. The molecule has 2 rings (SSSR count). The number of amides is 1. The zero-order valence-corrected chi connectivity index (χ0v) is 10.9. The van der Waals surface area contributed by atoms with Gasteiger partial charge in [-0.05, 0) is 28.9 Å². The largest absolute Gasteiger partial charge is 0.354 e. The van der Waals surface area contributed by atoms with Crippen molar-refractivity contribution in [2.75, 3.05) is 23.3 Å². The topological polar surface area (TPSA) is 45.2 Å². The monoisotopic (exact) mass is 283 g/mol. The van der Waals surface area contributed by atoms with Gasteiger partial charge in [0.1, 0.15) is 0 Å². The predicted octanol–water partition coefficient (Wildman–Crippen LogP) is 2.26. The van der Waals surface area contributed by atoms with Gasteiger partial charge in [-0.3, -0.25) is 4.79 Å². The number of hydrogen-bond acceptors (Lipinski definition) is 3. The SMILES string of the molecule is CCN1CC(C)C(=O)Nc2cc(Br)cnc21. The summed E-state index contributed by atoms with van der Waals surface area (Å²) in [6.07, 6.45) is 1.75. The van der Waals surface area contributed by atoms with Crippen molar-refractivity contribution in [3.63, 3.8) is 0 Å². The molecule has 1 aliphatic heterocycles. The first-order valence-corrected chi connectivity index (χ1v) is 6.12. The Morgan fingerprint density at radius 2 is 2.44 bits per heavy atom. The van der Waals surface area contributed by atoms with Crippen molar-refractivity contribution in [2.45, 2.75) is 13.8 Å². The summed E-state index contributed by atoms with van der Waals surface area (Å²) in [4.78, 5) is 18.2. The fraction of sp³-hybridized carbons (Fsp3) is 0.455. The number of nitrogens with zero attached hydrogens (tertiary/aromatic N) is 2. The van der Waals surface area contributed by atoms with Gasteiger partial charge in [-0.2, -0.15) is 0 Å². The molecule has 1 aromatic heterocycles. The number of aromatic nitrogens is 1. The molecule has 0 fully saturated rings. The molecular weight excluding hydrogens is 270 g/mol. The Kier molecular flexibility index (Phi) is 3.14. The second-order valence-electron chi connectivity index (χ2n) is 3.95.